The molecule has 0 fully saturated rings. The molecule has 1 N–H and O–H groups in total. The highest BCUT2D eigenvalue weighted by molar-refractivity contribution is 7.17. The largest absolute Gasteiger partial charge is 0.462 e. The van der Waals surface area contributed by atoms with Crippen molar-refractivity contribution in [3.8, 4) is 0 Å². The van der Waals surface area contributed by atoms with Crippen molar-refractivity contribution in [1.82, 2.24) is 24.3 Å². The number of amides is 1. The van der Waals surface area contributed by atoms with Gasteiger partial charge in [-0.15, -0.1) is 0 Å². The number of rotatable bonds is 5. The fourth-order valence-electron chi connectivity index (χ4n) is 2.33. The highest BCUT2D eigenvalue weighted by atomic mass is 32.1. The zero-order valence-electron chi connectivity index (χ0n) is 14.3. The molecular formula is C15H16N6O4S. The highest BCUT2D eigenvalue weighted by Crippen LogP contribution is 2.23. The summed E-state index contributed by atoms with van der Waals surface area (Å²) in [5.74, 6) is -0.938. The third-order valence-electron chi connectivity index (χ3n) is 3.54. The predicted octanol–water partition coefficient (Wildman–Crippen LogP) is 0.710. The molecule has 0 bridgehead atoms. The number of aromatic nitrogens is 5. The maximum Gasteiger partial charge on any atom is 0.350 e. The Morgan fingerprint density at radius 3 is 2.88 bits per heavy atom. The third kappa shape index (κ3) is 3.33. The van der Waals surface area contributed by atoms with Gasteiger partial charge in [0.25, 0.3) is 5.56 Å². The molecular weight excluding hydrogens is 360 g/mol. The molecule has 0 radical (unpaired) electrons. The summed E-state index contributed by atoms with van der Waals surface area (Å²) < 4.78 is 7.61. The minimum absolute atomic E-state index is 0.232. The minimum atomic E-state index is -0.481. The molecule has 0 aliphatic heterocycles. The lowest BCUT2D eigenvalue weighted by Crippen LogP contribution is -2.27. The van der Waals surface area contributed by atoms with E-state index in [0.717, 1.165) is 11.3 Å². The molecule has 11 heteroatoms. The molecule has 0 aliphatic carbocycles. The molecule has 0 spiro atoms. The van der Waals surface area contributed by atoms with Gasteiger partial charge in [-0.05, 0) is 13.8 Å². The maximum atomic E-state index is 12.4. The van der Waals surface area contributed by atoms with E-state index in [4.69, 9.17) is 4.74 Å². The predicted molar refractivity (Wildman–Crippen MR) is 94.2 cm³/mol. The molecule has 136 valence electrons. The second-order valence-corrected chi connectivity index (χ2v) is 6.38. The van der Waals surface area contributed by atoms with E-state index in [2.05, 4.69) is 20.4 Å². The number of carbonyl (C=O) groups excluding carboxylic acids is 2. The lowest BCUT2D eigenvalue weighted by atomic mass is 10.4. The van der Waals surface area contributed by atoms with E-state index in [1.54, 1.807) is 20.9 Å². The first kappa shape index (κ1) is 17.7. The molecule has 3 aromatic heterocycles. The Labute approximate surface area is 151 Å². The van der Waals surface area contributed by atoms with Crippen LogP contribution < -0.4 is 10.9 Å². The average Bonchev–Trinajstić information content (AvgIpc) is 3.14. The fourth-order valence-corrected chi connectivity index (χ4v) is 3.21. The topological polar surface area (TPSA) is 121 Å². The molecule has 26 heavy (non-hydrogen) atoms. The Morgan fingerprint density at radius 2 is 2.15 bits per heavy atom. The summed E-state index contributed by atoms with van der Waals surface area (Å²) in [6, 6.07) is 0. The Balaban J connectivity index is 1.75. The van der Waals surface area contributed by atoms with Crippen molar-refractivity contribution in [2.45, 2.75) is 20.4 Å². The van der Waals surface area contributed by atoms with Gasteiger partial charge in [0.2, 0.25) is 5.91 Å². The van der Waals surface area contributed by atoms with E-state index in [1.165, 1.54) is 21.8 Å². The molecule has 1 amide bonds. The van der Waals surface area contributed by atoms with Gasteiger partial charge in [-0.25, -0.2) is 14.8 Å². The van der Waals surface area contributed by atoms with Crippen molar-refractivity contribution >= 4 is 39.4 Å². The summed E-state index contributed by atoms with van der Waals surface area (Å²) in [7, 11) is 1.68. The molecule has 3 heterocycles. The summed E-state index contributed by atoms with van der Waals surface area (Å²) in [6.07, 6.45) is 2.71. The molecule has 0 atom stereocenters. The lowest BCUT2D eigenvalue weighted by molar-refractivity contribution is -0.116. The van der Waals surface area contributed by atoms with Crippen LogP contribution in [-0.4, -0.2) is 42.8 Å². The van der Waals surface area contributed by atoms with Crippen molar-refractivity contribution in [3.05, 3.63) is 33.4 Å². The summed E-state index contributed by atoms with van der Waals surface area (Å²) in [5.41, 5.74) is 0.557. The number of fused-ring (bicyclic) bond motifs is 1. The summed E-state index contributed by atoms with van der Waals surface area (Å²) in [6.45, 7) is 3.39. The van der Waals surface area contributed by atoms with Gasteiger partial charge >= 0.3 is 5.97 Å². The van der Waals surface area contributed by atoms with Crippen LogP contribution in [0.2, 0.25) is 0 Å². The zero-order valence-corrected chi connectivity index (χ0v) is 15.2. The second-order valence-electron chi connectivity index (χ2n) is 5.39. The molecule has 3 rings (SSSR count). The standard InChI is InChI=1S/C15H16N6O4S/c1-4-25-14(24)11-8(2)18-15(26-11)19-10(22)6-21-7-16-12-9(13(21)23)5-17-20(12)3/h5,7H,4,6H2,1-3H3,(H,18,19,22). The third-order valence-corrected chi connectivity index (χ3v) is 4.59. The smallest absolute Gasteiger partial charge is 0.350 e. The van der Waals surface area contributed by atoms with Crippen LogP contribution in [0.1, 0.15) is 22.3 Å². The number of thiazole rings is 1. The number of hydrogen-bond acceptors (Lipinski definition) is 8. The number of carbonyl (C=O) groups is 2. The number of ether oxygens (including phenoxy) is 1. The van der Waals surface area contributed by atoms with E-state index in [0.29, 0.717) is 21.6 Å². The van der Waals surface area contributed by atoms with E-state index in [-0.39, 0.29) is 23.8 Å². The number of anilines is 1. The molecule has 0 aliphatic rings. The SMILES string of the molecule is CCOC(=O)c1sc(NC(=O)Cn2cnc3c(cnn3C)c2=O)nc1C. The van der Waals surface area contributed by atoms with Gasteiger partial charge in [-0.1, -0.05) is 11.3 Å². The second kappa shape index (κ2) is 7.04. The molecule has 0 saturated carbocycles. The Bertz CT molecular complexity index is 1050. The lowest BCUT2D eigenvalue weighted by Gasteiger charge is -2.05. The number of esters is 1. The molecule has 10 nitrogen and oxygen atoms in total. The van der Waals surface area contributed by atoms with Crippen molar-refractivity contribution in [2.75, 3.05) is 11.9 Å². The van der Waals surface area contributed by atoms with Crippen LogP contribution in [0.15, 0.2) is 17.3 Å². The maximum absolute atomic E-state index is 12.4. The van der Waals surface area contributed by atoms with Crippen molar-refractivity contribution in [1.29, 1.82) is 0 Å². The quantitative estimate of drug-likeness (QED) is 0.651. The van der Waals surface area contributed by atoms with E-state index < -0.39 is 11.9 Å². The van der Waals surface area contributed by atoms with Gasteiger partial charge < -0.3 is 10.1 Å². The zero-order chi connectivity index (χ0) is 18.8. The first-order chi connectivity index (χ1) is 12.4. The van der Waals surface area contributed by atoms with E-state index >= 15 is 0 Å². The Kier molecular flexibility index (Phi) is 4.80. The number of hydrogen-bond donors (Lipinski definition) is 1. The van der Waals surface area contributed by atoms with Crippen molar-refractivity contribution in [2.24, 2.45) is 7.05 Å². The van der Waals surface area contributed by atoms with E-state index in [9.17, 15) is 14.4 Å². The van der Waals surface area contributed by atoms with Gasteiger partial charge in [0.05, 0.1) is 18.5 Å². The van der Waals surface area contributed by atoms with Crippen LogP contribution in [0, 0.1) is 6.92 Å². The van der Waals surface area contributed by atoms with Crippen LogP contribution in [0.4, 0.5) is 5.13 Å². The summed E-state index contributed by atoms with van der Waals surface area (Å²) in [4.78, 5) is 45.0. The van der Waals surface area contributed by atoms with Crippen LogP contribution in [0.25, 0.3) is 11.0 Å². The van der Waals surface area contributed by atoms with Crippen LogP contribution in [-0.2, 0) is 23.1 Å². The fraction of sp³-hybridized carbons (Fsp3) is 0.333. The van der Waals surface area contributed by atoms with Gasteiger partial charge in [-0.3, -0.25) is 18.8 Å². The first-order valence-electron chi connectivity index (χ1n) is 7.72. The summed E-state index contributed by atoms with van der Waals surface area (Å²) in [5, 5.41) is 7.15. The van der Waals surface area contributed by atoms with Gasteiger partial charge in [-0.2, -0.15) is 5.10 Å². The molecule has 3 aromatic rings. The number of nitrogens with zero attached hydrogens (tertiary/aromatic N) is 5. The van der Waals surface area contributed by atoms with E-state index in [1.807, 2.05) is 0 Å². The minimum Gasteiger partial charge on any atom is -0.462 e. The Hall–Kier alpha value is -3.08. The van der Waals surface area contributed by atoms with Crippen LogP contribution >= 0.6 is 11.3 Å². The van der Waals surface area contributed by atoms with Gasteiger partial charge in [0.1, 0.15) is 23.1 Å². The molecule has 0 aromatic carbocycles. The van der Waals surface area contributed by atoms with Crippen LogP contribution in [0.5, 0.6) is 0 Å². The first-order valence-corrected chi connectivity index (χ1v) is 8.54. The average molecular weight is 376 g/mol. The molecule has 0 saturated heterocycles. The molecule has 0 unspecified atom stereocenters. The van der Waals surface area contributed by atoms with Gasteiger partial charge in [0.15, 0.2) is 10.8 Å². The number of aryl methyl sites for hydroxylation is 2. The number of nitrogens with one attached hydrogen (secondary N) is 1. The van der Waals surface area contributed by atoms with Crippen molar-refractivity contribution < 1.29 is 14.3 Å². The summed E-state index contributed by atoms with van der Waals surface area (Å²) >= 11 is 1.02. The normalized spacial score (nSPS) is 10.9. The van der Waals surface area contributed by atoms with Crippen molar-refractivity contribution in [3.63, 3.8) is 0 Å². The van der Waals surface area contributed by atoms with Gasteiger partial charge in [0, 0.05) is 7.05 Å². The monoisotopic (exact) mass is 376 g/mol. The highest BCUT2D eigenvalue weighted by Gasteiger charge is 2.18. The van der Waals surface area contributed by atoms with Crippen LogP contribution in [0.3, 0.4) is 0 Å². The Morgan fingerprint density at radius 1 is 1.38 bits per heavy atom.